The average Bonchev–Trinajstić information content (AvgIpc) is 2.86. The molecule has 0 unspecified atom stereocenters. The van der Waals surface area contributed by atoms with Crippen molar-refractivity contribution in [2.45, 2.75) is 84.0 Å². The van der Waals surface area contributed by atoms with Crippen LogP contribution in [-0.4, -0.2) is 44.1 Å². The van der Waals surface area contributed by atoms with E-state index in [0.29, 0.717) is 12.3 Å². The molecule has 0 aromatic heterocycles. The molecule has 1 aliphatic heterocycles. The number of rotatable bonds is 16. The van der Waals surface area contributed by atoms with Crippen LogP contribution in [0.2, 0.25) is 0 Å². The molecular weight excluding hydrogens is 408 g/mol. The Bertz CT molecular complexity index is 705. The van der Waals surface area contributed by atoms with Crippen LogP contribution in [0.3, 0.4) is 0 Å². The SMILES string of the molecule is CCCCC/C=C/C/C=C/CCCCCCCC(=O)N1CCN(c2ccccc2OC)CC1. The second-order valence-corrected chi connectivity index (χ2v) is 9.02. The fraction of sp³-hybridized carbons (Fsp3) is 0.621. The summed E-state index contributed by atoms with van der Waals surface area (Å²) in [5.74, 6) is 1.22. The summed E-state index contributed by atoms with van der Waals surface area (Å²) in [6.45, 7) is 5.59. The van der Waals surface area contributed by atoms with E-state index in [1.807, 2.05) is 23.1 Å². The van der Waals surface area contributed by atoms with Gasteiger partial charge in [-0.2, -0.15) is 0 Å². The first-order valence-electron chi connectivity index (χ1n) is 13.2. The molecule has 0 spiro atoms. The van der Waals surface area contributed by atoms with Gasteiger partial charge in [0.25, 0.3) is 0 Å². The normalized spacial score (nSPS) is 14.5. The topological polar surface area (TPSA) is 32.8 Å². The van der Waals surface area contributed by atoms with Crippen LogP contribution in [0.1, 0.15) is 84.0 Å². The molecule has 1 aromatic rings. The van der Waals surface area contributed by atoms with Crippen LogP contribution >= 0.6 is 0 Å². The van der Waals surface area contributed by atoms with E-state index >= 15 is 0 Å². The quantitative estimate of drug-likeness (QED) is 0.196. The number of benzene rings is 1. The summed E-state index contributed by atoms with van der Waals surface area (Å²) in [5.41, 5.74) is 1.13. The number of piperazine rings is 1. The molecule has 0 atom stereocenters. The molecule has 1 fully saturated rings. The maximum Gasteiger partial charge on any atom is 0.222 e. The highest BCUT2D eigenvalue weighted by atomic mass is 16.5. The summed E-state index contributed by atoms with van der Waals surface area (Å²) in [7, 11) is 1.71. The molecule has 1 aromatic carbocycles. The van der Waals surface area contributed by atoms with E-state index in [1.165, 1.54) is 51.4 Å². The number of para-hydroxylation sites is 2. The van der Waals surface area contributed by atoms with Crippen molar-refractivity contribution in [3.8, 4) is 5.75 Å². The third kappa shape index (κ3) is 11.0. The Labute approximate surface area is 202 Å². The third-order valence-electron chi connectivity index (χ3n) is 6.40. The van der Waals surface area contributed by atoms with E-state index in [-0.39, 0.29) is 0 Å². The minimum absolute atomic E-state index is 0.320. The van der Waals surface area contributed by atoms with Crippen molar-refractivity contribution in [3.05, 3.63) is 48.6 Å². The molecule has 0 radical (unpaired) electrons. The fourth-order valence-electron chi connectivity index (χ4n) is 4.33. The van der Waals surface area contributed by atoms with Gasteiger partial charge in [0.15, 0.2) is 0 Å². The lowest BCUT2D eigenvalue weighted by Gasteiger charge is -2.36. The van der Waals surface area contributed by atoms with Gasteiger partial charge in [0.1, 0.15) is 5.75 Å². The van der Waals surface area contributed by atoms with Gasteiger partial charge in [0.05, 0.1) is 12.8 Å². The van der Waals surface area contributed by atoms with Crippen molar-refractivity contribution in [2.24, 2.45) is 0 Å². The van der Waals surface area contributed by atoms with Crippen LogP contribution in [0.5, 0.6) is 5.75 Å². The van der Waals surface area contributed by atoms with Gasteiger partial charge in [-0.15, -0.1) is 0 Å². The number of carbonyl (C=O) groups is 1. The number of hydrogen-bond acceptors (Lipinski definition) is 3. The van der Waals surface area contributed by atoms with E-state index in [0.717, 1.165) is 56.9 Å². The first kappa shape index (κ1) is 27.0. The highest BCUT2D eigenvalue weighted by molar-refractivity contribution is 5.76. The van der Waals surface area contributed by atoms with E-state index in [2.05, 4.69) is 42.2 Å². The van der Waals surface area contributed by atoms with Gasteiger partial charge >= 0.3 is 0 Å². The fourth-order valence-corrected chi connectivity index (χ4v) is 4.33. The van der Waals surface area contributed by atoms with Crippen molar-refractivity contribution in [1.82, 2.24) is 4.90 Å². The Kier molecular flexibility index (Phi) is 14.1. The van der Waals surface area contributed by atoms with Crippen molar-refractivity contribution in [1.29, 1.82) is 0 Å². The number of methoxy groups -OCH3 is 1. The average molecular weight is 455 g/mol. The maximum atomic E-state index is 12.6. The second-order valence-electron chi connectivity index (χ2n) is 9.02. The van der Waals surface area contributed by atoms with Gasteiger partial charge < -0.3 is 14.5 Å². The highest BCUT2D eigenvalue weighted by Crippen LogP contribution is 2.28. The number of amides is 1. The summed E-state index contributed by atoms with van der Waals surface area (Å²) >= 11 is 0. The molecule has 0 bridgehead atoms. The van der Waals surface area contributed by atoms with Crippen molar-refractivity contribution < 1.29 is 9.53 Å². The Balaban J connectivity index is 1.46. The largest absolute Gasteiger partial charge is 0.495 e. The van der Waals surface area contributed by atoms with Crippen LogP contribution < -0.4 is 9.64 Å². The molecule has 1 saturated heterocycles. The Morgan fingerprint density at radius 2 is 1.48 bits per heavy atom. The molecule has 4 nitrogen and oxygen atoms in total. The summed E-state index contributed by atoms with van der Waals surface area (Å²) in [5, 5.41) is 0. The van der Waals surface area contributed by atoms with Gasteiger partial charge in [0.2, 0.25) is 5.91 Å². The molecule has 0 aliphatic carbocycles. The number of nitrogens with zero attached hydrogens (tertiary/aromatic N) is 2. The minimum Gasteiger partial charge on any atom is -0.495 e. The van der Waals surface area contributed by atoms with E-state index in [1.54, 1.807) is 7.11 Å². The third-order valence-corrected chi connectivity index (χ3v) is 6.40. The van der Waals surface area contributed by atoms with Crippen molar-refractivity contribution in [3.63, 3.8) is 0 Å². The molecule has 1 aliphatic rings. The number of unbranched alkanes of at least 4 members (excludes halogenated alkanes) is 8. The number of allylic oxidation sites excluding steroid dienone is 4. The first-order valence-corrected chi connectivity index (χ1v) is 13.2. The van der Waals surface area contributed by atoms with Gasteiger partial charge in [-0.25, -0.2) is 0 Å². The predicted octanol–water partition coefficient (Wildman–Crippen LogP) is 7.16. The number of anilines is 1. The number of hydrogen-bond donors (Lipinski definition) is 0. The molecule has 33 heavy (non-hydrogen) atoms. The zero-order chi connectivity index (χ0) is 23.6. The first-order chi connectivity index (χ1) is 16.3. The second kappa shape index (κ2) is 17.3. The lowest BCUT2D eigenvalue weighted by Crippen LogP contribution is -2.48. The molecule has 1 amide bonds. The lowest BCUT2D eigenvalue weighted by molar-refractivity contribution is -0.131. The van der Waals surface area contributed by atoms with Gasteiger partial charge in [-0.1, -0.05) is 75.5 Å². The van der Waals surface area contributed by atoms with Crippen LogP contribution in [0.15, 0.2) is 48.6 Å². The predicted molar refractivity (Wildman–Crippen MR) is 141 cm³/mol. The van der Waals surface area contributed by atoms with E-state index < -0.39 is 0 Å². The van der Waals surface area contributed by atoms with Crippen LogP contribution in [-0.2, 0) is 4.79 Å². The van der Waals surface area contributed by atoms with E-state index in [9.17, 15) is 4.79 Å². The molecule has 0 saturated carbocycles. The molecular formula is C29H46N2O2. The van der Waals surface area contributed by atoms with Crippen LogP contribution in [0.4, 0.5) is 5.69 Å². The number of carbonyl (C=O) groups excluding carboxylic acids is 1. The maximum absolute atomic E-state index is 12.6. The van der Waals surface area contributed by atoms with Crippen molar-refractivity contribution in [2.75, 3.05) is 38.2 Å². The Hall–Kier alpha value is -2.23. The summed E-state index contributed by atoms with van der Waals surface area (Å²) < 4.78 is 5.48. The Morgan fingerprint density at radius 3 is 2.18 bits per heavy atom. The smallest absolute Gasteiger partial charge is 0.222 e. The summed E-state index contributed by atoms with van der Waals surface area (Å²) in [6.07, 6.45) is 23.3. The summed E-state index contributed by atoms with van der Waals surface area (Å²) in [4.78, 5) is 16.9. The molecule has 184 valence electrons. The van der Waals surface area contributed by atoms with Crippen LogP contribution in [0.25, 0.3) is 0 Å². The van der Waals surface area contributed by atoms with Crippen LogP contribution in [0, 0.1) is 0 Å². The minimum atomic E-state index is 0.320. The molecule has 0 N–H and O–H groups in total. The number of ether oxygens (including phenoxy) is 1. The highest BCUT2D eigenvalue weighted by Gasteiger charge is 2.22. The van der Waals surface area contributed by atoms with Gasteiger partial charge in [0, 0.05) is 32.6 Å². The standard InChI is InChI=1S/C29H46N2O2/c1-3-4-5-6-7-8-9-10-11-12-13-14-15-16-17-22-29(32)31-25-23-30(24-26-31)27-20-18-19-21-28(27)33-2/h7-8,10-11,18-21H,3-6,9,12-17,22-26H2,1-2H3/b8-7+,11-10+. The Morgan fingerprint density at radius 1 is 0.848 bits per heavy atom. The van der Waals surface area contributed by atoms with E-state index in [4.69, 9.17) is 4.74 Å². The zero-order valence-electron chi connectivity index (χ0n) is 21.1. The lowest BCUT2D eigenvalue weighted by atomic mass is 10.1. The molecule has 1 heterocycles. The zero-order valence-corrected chi connectivity index (χ0v) is 21.1. The molecule has 4 heteroatoms. The molecule has 2 rings (SSSR count). The van der Waals surface area contributed by atoms with Gasteiger partial charge in [-0.05, 0) is 50.7 Å². The monoisotopic (exact) mass is 454 g/mol. The van der Waals surface area contributed by atoms with Crippen molar-refractivity contribution >= 4 is 11.6 Å². The van der Waals surface area contributed by atoms with Gasteiger partial charge in [-0.3, -0.25) is 4.79 Å². The summed E-state index contributed by atoms with van der Waals surface area (Å²) in [6, 6.07) is 8.13.